The van der Waals surface area contributed by atoms with Gasteiger partial charge in [-0.25, -0.2) is 0 Å². The van der Waals surface area contributed by atoms with E-state index in [-0.39, 0.29) is 42.4 Å². The second-order valence-corrected chi connectivity index (χ2v) is 18.4. The number of rotatable bonds is 14. The third-order valence-corrected chi connectivity index (χ3v) is 14.8. The van der Waals surface area contributed by atoms with Crippen LogP contribution in [0.1, 0.15) is 89.2 Å². The SMILES string of the molecule is C=C(C=CC=C(CO)C1CCC2(C1O)C1C3=C(C=O)CCCC3(C=CC1CCO)CC2(O)CCNC)C1CC=C(C)CNC(C)(CCOC)Cc2cccc(c2)C1. The van der Waals surface area contributed by atoms with Gasteiger partial charge in [-0.15, -0.1) is 0 Å². The molecule has 1 aromatic rings. The number of fused-ring (bicyclic) bond motifs is 3. The Balaban J connectivity index is 1.28. The zero-order valence-electron chi connectivity index (χ0n) is 35.1. The summed E-state index contributed by atoms with van der Waals surface area (Å²) in [5, 5.41) is 54.1. The van der Waals surface area contributed by atoms with E-state index >= 15 is 0 Å². The van der Waals surface area contributed by atoms with E-state index in [0.717, 1.165) is 73.6 Å². The van der Waals surface area contributed by atoms with Gasteiger partial charge >= 0.3 is 0 Å². The van der Waals surface area contributed by atoms with Crippen LogP contribution in [0.5, 0.6) is 0 Å². The van der Waals surface area contributed by atoms with Crippen LogP contribution in [0.25, 0.3) is 0 Å². The number of hydrogen-bond acceptors (Lipinski definition) is 8. The van der Waals surface area contributed by atoms with Gasteiger partial charge in [0.05, 0.1) is 18.3 Å². The molecule has 1 aliphatic heterocycles. The lowest BCUT2D eigenvalue weighted by atomic mass is 9.40. The van der Waals surface area contributed by atoms with Crippen LogP contribution in [0.4, 0.5) is 0 Å². The Hall–Kier alpha value is -2.95. The second-order valence-electron chi connectivity index (χ2n) is 18.4. The summed E-state index contributed by atoms with van der Waals surface area (Å²) in [5.41, 5.74) is 4.84. The van der Waals surface area contributed by atoms with Crippen LogP contribution < -0.4 is 10.6 Å². The van der Waals surface area contributed by atoms with Crippen molar-refractivity contribution in [2.24, 2.45) is 34.5 Å². The number of benzene rings is 1. The molecule has 2 fully saturated rings. The third-order valence-electron chi connectivity index (χ3n) is 14.8. The van der Waals surface area contributed by atoms with E-state index in [2.05, 4.69) is 79.6 Å². The summed E-state index contributed by atoms with van der Waals surface area (Å²) >= 11 is 0. The van der Waals surface area contributed by atoms with Crippen molar-refractivity contribution in [3.63, 3.8) is 0 Å². The summed E-state index contributed by atoms with van der Waals surface area (Å²) in [4.78, 5) is 12.7. The first-order chi connectivity index (χ1) is 27.4. The van der Waals surface area contributed by atoms with Crippen LogP contribution in [0.15, 0.2) is 95.2 Å². The van der Waals surface area contributed by atoms with E-state index in [1.54, 1.807) is 7.11 Å². The predicted molar refractivity (Wildman–Crippen MR) is 229 cm³/mol. The van der Waals surface area contributed by atoms with E-state index in [0.29, 0.717) is 51.7 Å². The van der Waals surface area contributed by atoms with Crippen LogP contribution in [-0.4, -0.2) is 91.0 Å². The van der Waals surface area contributed by atoms with E-state index in [9.17, 15) is 25.2 Å². The van der Waals surface area contributed by atoms with Gasteiger partial charge in [-0.1, -0.05) is 78.4 Å². The molecule has 57 heavy (non-hydrogen) atoms. The molecule has 6 N–H and O–H groups in total. The number of carbonyl (C=O) groups excluding carboxylic acids is 1. The number of methoxy groups -OCH3 is 1. The Morgan fingerprint density at radius 3 is 2.72 bits per heavy atom. The van der Waals surface area contributed by atoms with E-state index < -0.39 is 22.5 Å². The highest BCUT2D eigenvalue weighted by atomic mass is 16.5. The summed E-state index contributed by atoms with van der Waals surface area (Å²) in [5.74, 6) is -0.597. The first kappa shape index (κ1) is 43.6. The van der Waals surface area contributed by atoms with Gasteiger partial charge in [-0.2, -0.15) is 0 Å². The molecule has 1 aromatic carbocycles. The lowest BCUT2D eigenvalue weighted by Gasteiger charge is -2.66. The van der Waals surface area contributed by atoms with E-state index in [1.165, 1.54) is 16.7 Å². The Labute approximate surface area is 342 Å². The predicted octanol–water partition coefficient (Wildman–Crippen LogP) is 6.51. The molecular formula is C49H70N2O6. The monoisotopic (exact) mass is 783 g/mol. The Kier molecular flexibility index (Phi) is 14.2. The summed E-state index contributed by atoms with van der Waals surface area (Å²) in [6.45, 7) is 10.9. The lowest BCUT2D eigenvalue weighted by Crippen LogP contribution is -2.67. The van der Waals surface area contributed by atoms with Gasteiger partial charge in [0.1, 0.15) is 6.29 Å². The minimum atomic E-state index is -1.22. The largest absolute Gasteiger partial charge is 0.396 e. The van der Waals surface area contributed by atoms with Crippen molar-refractivity contribution in [3.8, 4) is 0 Å². The fourth-order valence-electron chi connectivity index (χ4n) is 11.9. The number of ether oxygens (including phenoxy) is 1. The maximum absolute atomic E-state index is 13.1. The van der Waals surface area contributed by atoms with Crippen LogP contribution in [0.2, 0.25) is 0 Å². The summed E-state index contributed by atoms with van der Waals surface area (Å²) < 4.78 is 5.46. The van der Waals surface area contributed by atoms with Gasteiger partial charge in [-0.05, 0) is 150 Å². The highest BCUT2D eigenvalue weighted by Gasteiger charge is 2.71. The van der Waals surface area contributed by atoms with Gasteiger partial charge < -0.3 is 35.8 Å². The number of carbonyl (C=O) groups is 1. The minimum absolute atomic E-state index is 0.0176. The van der Waals surface area contributed by atoms with Gasteiger partial charge in [0.2, 0.25) is 0 Å². The Morgan fingerprint density at radius 2 is 1.98 bits per heavy atom. The van der Waals surface area contributed by atoms with Crippen LogP contribution in [0, 0.1) is 34.5 Å². The zero-order valence-corrected chi connectivity index (χ0v) is 35.1. The number of aliphatic hydroxyl groups excluding tert-OH is 3. The molecule has 1 heterocycles. The molecule has 8 heteroatoms. The number of allylic oxidation sites excluding steroid dienone is 9. The quantitative estimate of drug-likeness (QED) is 0.0717. The molecule has 5 aliphatic rings. The highest BCUT2D eigenvalue weighted by molar-refractivity contribution is 5.76. The molecule has 8 nitrogen and oxygen atoms in total. The maximum Gasteiger partial charge on any atom is 0.146 e. The van der Waals surface area contributed by atoms with Crippen molar-refractivity contribution in [1.82, 2.24) is 10.6 Å². The smallest absolute Gasteiger partial charge is 0.146 e. The summed E-state index contributed by atoms with van der Waals surface area (Å²) in [6.07, 6.45) is 21.4. The first-order valence-corrected chi connectivity index (χ1v) is 21.6. The molecule has 4 aliphatic carbocycles. The van der Waals surface area contributed by atoms with Crippen molar-refractivity contribution >= 4 is 6.29 Å². The highest BCUT2D eigenvalue weighted by Crippen LogP contribution is 2.72. The number of aldehydes is 1. The fourth-order valence-corrected chi connectivity index (χ4v) is 11.9. The van der Waals surface area contributed by atoms with Crippen LogP contribution in [-0.2, 0) is 22.4 Å². The van der Waals surface area contributed by atoms with Gasteiger partial charge in [0.15, 0.2) is 0 Å². The molecule has 0 aromatic heterocycles. The van der Waals surface area contributed by atoms with Crippen molar-refractivity contribution < 1.29 is 30.0 Å². The molecule has 9 unspecified atom stereocenters. The van der Waals surface area contributed by atoms with Crippen LogP contribution >= 0.6 is 0 Å². The first-order valence-electron chi connectivity index (χ1n) is 21.6. The number of nitrogens with one attached hydrogen (secondary N) is 2. The Morgan fingerprint density at radius 1 is 1.18 bits per heavy atom. The maximum atomic E-state index is 13.1. The average Bonchev–Trinajstić information content (AvgIpc) is 3.55. The van der Waals surface area contributed by atoms with Crippen molar-refractivity contribution in [1.29, 1.82) is 0 Å². The molecule has 0 amide bonds. The molecule has 2 saturated carbocycles. The molecule has 4 bridgehead atoms. The van der Waals surface area contributed by atoms with Gasteiger partial charge in [-0.3, -0.25) is 4.79 Å². The van der Waals surface area contributed by atoms with Crippen LogP contribution in [0.3, 0.4) is 0 Å². The van der Waals surface area contributed by atoms with E-state index in [1.807, 2.05) is 19.2 Å². The van der Waals surface area contributed by atoms with Crippen molar-refractivity contribution in [3.05, 3.63) is 106 Å². The van der Waals surface area contributed by atoms with Crippen molar-refractivity contribution in [2.45, 2.75) is 108 Å². The second kappa shape index (κ2) is 18.5. The lowest BCUT2D eigenvalue weighted by molar-refractivity contribution is -0.207. The fraction of sp³-hybridized carbons (Fsp3) is 0.612. The normalized spacial score (nSPS) is 35.8. The number of aliphatic hydroxyl groups is 4. The standard InChI is InChI=1S/C49H70N2O6/c1-34-14-15-39(28-36-10-7-11-37(27-36)29-46(3,51-30-34)23-26-57-5)35(2)9-6-12-40(31-53)42-17-21-49(45(42)55)44-38(18-25-52)16-20-47(33-48(49,56)22-24-50-4)19-8-13-41(32-54)43(44)47/h6-7,9-12,14,16,20,27,32,38-39,42,44-45,50-53,55-56H,2,8,13,15,17-19,21-26,28-31,33H2,1,3-5H3. The van der Waals surface area contributed by atoms with E-state index in [4.69, 9.17) is 4.74 Å². The molecule has 6 rings (SSSR count). The number of hydrogen-bond donors (Lipinski definition) is 6. The third kappa shape index (κ3) is 8.70. The minimum Gasteiger partial charge on any atom is -0.396 e. The Bertz CT molecular complexity index is 1760. The topological polar surface area (TPSA) is 131 Å². The molecule has 9 atom stereocenters. The molecular weight excluding hydrogens is 713 g/mol. The van der Waals surface area contributed by atoms with Crippen molar-refractivity contribution in [2.75, 3.05) is 47.1 Å². The molecule has 312 valence electrons. The summed E-state index contributed by atoms with van der Waals surface area (Å²) in [6, 6.07) is 8.91. The van der Waals surface area contributed by atoms with Gasteiger partial charge in [0, 0.05) is 49.2 Å². The molecule has 0 radical (unpaired) electrons. The zero-order chi connectivity index (χ0) is 40.8. The summed E-state index contributed by atoms with van der Waals surface area (Å²) in [7, 11) is 3.65. The molecule has 1 spiro atoms. The molecule has 0 saturated heterocycles. The van der Waals surface area contributed by atoms with Gasteiger partial charge in [0.25, 0.3) is 0 Å². The average molecular weight is 783 g/mol.